The van der Waals surface area contributed by atoms with Gasteiger partial charge in [-0.25, -0.2) is 9.67 Å². The second-order valence-electron chi connectivity index (χ2n) is 9.50. The van der Waals surface area contributed by atoms with Gasteiger partial charge in [0.25, 0.3) is 5.89 Å². The van der Waals surface area contributed by atoms with Gasteiger partial charge in [0.05, 0.1) is 25.5 Å². The van der Waals surface area contributed by atoms with Gasteiger partial charge in [-0.3, -0.25) is 14.3 Å². The summed E-state index contributed by atoms with van der Waals surface area (Å²) in [5.74, 6) is 3.08. The second-order valence-corrected chi connectivity index (χ2v) is 11.0. The molecule has 0 aliphatic rings. The van der Waals surface area contributed by atoms with Crippen LogP contribution in [0.1, 0.15) is 22.6 Å². The summed E-state index contributed by atoms with van der Waals surface area (Å²) in [6.07, 6.45) is 4.40. The Hall–Kier alpha value is -4.90. The maximum absolute atomic E-state index is 13.3. The van der Waals surface area contributed by atoms with Crippen molar-refractivity contribution in [1.82, 2.24) is 14.8 Å². The molecule has 3 heterocycles. The average Bonchev–Trinajstić information content (AvgIpc) is 3.75. The average molecular weight is 605 g/mol. The molecule has 0 bridgehead atoms. The lowest BCUT2D eigenvalue weighted by Gasteiger charge is -2.17. The molecule has 43 heavy (non-hydrogen) atoms. The number of likely N-dealkylation sites (N-methyl/N-ethyl adjacent to an activating group) is 1. The minimum atomic E-state index is -4.44. The first-order valence-electron chi connectivity index (χ1n) is 13.1. The molecular weight excluding hydrogens is 575 g/mol. The predicted octanol–water partition coefficient (Wildman–Crippen LogP) is 5.37. The zero-order chi connectivity index (χ0) is 30.6. The third kappa shape index (κ3) is 7.12. The minimum Gasteiger partial charge on any atom is -0.493 e. The molecule has 2 aromatic carbocycles. The summed E-state index contributed by atoms with van der Waals surface area (Å²) in [6, 6.07) is 17.9. The fraction of sp³-hybridized carbons (Fsp3) is 0.167. The molecule has 222 valence electrons. The Balaban J connectivity index is 1.31. The lowest BCUT2D eigenvalue weighted by molar-refractivity contribution is -0.117. The number of furan rings is 1. The molecule has 0 saturated carbocycles. The summed E-state index contributed by atoms with van der Waals surface area (Å²) in [5.41, 5.74) is 2.35. The summed E-state index contributed by atoms with van der Waals surface area (Å²) < 4.78 is 35.5. The van der Waals surface area contributed by atoms with E-state index in [0.29, 0.717) is 45.7 Å². The van der Waals surface area contributed by atoms with Crippen molar-refractivity contribution in [2.75, 3.05) is 19.1 Å². The van der Waals surface area contributed by atoms with Crippen LogP contribution in [0.2, 0.25) is 0 Å². The molecule has 0 aliphatic carbocycles. The highest BCUT2D eigenvalue weighted by Crippen LogP contribution is 2.38. The SMILES string of the molecule is COc1cc(CC(=O)N(C)c2nn(-c3ccccc3)cc2/C=C/P(=O)(O)O)ccc1OCc1nc(-c2ccco2)oc1C. The van der Waals surface area contributed by atoms with Gasteiger partial charge in [-0.05, 0) is 55.0 Å². The molecule has 0 spiro atoms. The lowest BCUT2D eigenvalue weighted by Crippen LogP contribution is -2.29. The number of nitrogens with zero attached hydrogens (tertiary/aromatic N) is 4. The molecule has 0 unspecified atom stereocenters. The third-order valence-corrected chi connectivity index (χ3v) is 6.99. The van der Waals surface area contributed by atoms with Crippen LogP contribution in [0.15, 0.2) is 87.8 Å². The zero-order valence-electron chi connectivity index (χ0n) is 23.6. The number of amides is 1. The van der Waals surface area contributed by atoms with E-state index in [9.17, 15) is 19.1 Å². The van der Waals surface area contributed by atoms with Crippen LogP contribution in [-0.4, -0.2) is 44.6 Å². The first-order chi connectivity index (χ1) is 20.6. The summed E-state index contributed by atoms with van der Waals surface area (Å²) in [4.78, 5) is 37.8. The Morgan fingerprint density at radius 2 is 1.91 bits per heavy atom. The van der Waals surface area contributed by atoms with Crippen LogP contribution in [0, 0.1) is 6.92 Å². The Bertz CT molecular complexity index is 1790. The molecule has 0 aliphatic heterocycles. The van der Waals surface area contributed by atoms with Crippen molar-refractivity contribution in [3.8, 4) is 28.8 Å². The molecule has 13 heteroatoms. The van der Waals surface area contributed by atoms with E-state index in [0.717, 1.165) is 11.5 Å². The molecule has 5 aromatic rings. The topological polar surface area (TPSA) is 153 Å². The standard InChI is InChI=1S/C30H29N4O8P/c1-20-24(31-30(42-20)26-10-7-14-40-26)19-41-25-12-11-21(16-27(25)39-3)17-28(35)33(2)29-22(13-15-43(36,37)38)18-34(32-29)23-8-5-4-6-9-23/h4-16,18H,17,19H2,1-3H3,(H2,36,37,38)/b15-13+. The van der Waals surface area contributed by atoms with Gasteiger partial charge in [-0.15, -0.1) is 5.10 Å². The van der Waals surface area contributed by atoms with Gasteiger partial charge in [0.1, 0.15) is 18.1 Å². The number of aromatic nitrogens is 3. The molecule has 0 radical (unpaired) electrons. The molecule has 1 amide bonds. The number of methoxy groups -OCH3 is 1. The van der Waals surface area contributed by atoms with Crippen molar-refractivity contribution < 1.29 is 37.5 Å². The van der Waals surface area contributed by atoms with E-state index in [-0.39, 0.29) is 24.8 Å². The number of ether oxygens (including phenoxy) is 2. The zero-order valence-corrected chi connectivity index (χ0v) is 24.5. The quantitative estimate of drug-likeness (QED) is 0.188. The van der Waals surface area contributed by atoms with Gasteiger partial charge in [-0.2, -0.15) is 0 Å². The van der Waals surface area contributed by atoms with Crippen molar-refractivity contribution in [3.05, 3.63) is 102 Å². The number of para-hydroxylation sites is 1. The van der Waals surface area contributed by atoms with Crippen molar-refractivity contribution in [2.45, 2.75) is 20.0 Å². The smallest absolute Gasteiger partial charge is 0.349 e. The van der Waals surface area contributed by atoms with Gasteiger partial charge >= 0.3 is 7.60 Å². The number of anilines is 1. The van der Waals surface area contributed by atoms with Crippen LogP contribution < -0.4 is 14.4 Å². The fourth-order valence-corrected chi connectivity index (χ4v) is 4.57. The highest BCUT2D eigenvalue weighted by Gasteiger charge is 2.21. The van der Waals surface area contributed by atoms with Gasteiger partial charge in [-0.1, -0.05) is 24.3 Å². The van der Waals surface area contributed by atoms with Gasteiger partial charge in [0.15, 0.2) is 23.1 Å². The van der Waals surface area contributed by atoms with Crippen molar-refractivity contribution >= 4 is 25.4 Å². The largest absolute Gasteiger partial charge is 0.493 e. The maximum Gasteiger partial charge on any atom is 0.349 e. The highest BCUT2D eigenvalue weighted by atomic mass is 31.2. The Morgan fingerprint density at radius 1 is 1.12 bits per heavy atom. The van der Waals surface area contributed by atoms with E-state index in [2.05, 4.69) is 10.1 Å². The number of carbonyl (C=O) groups excluding carboxylic acids is 1. The van der Waals surface area contributed by atoms with Crippen LogP contribution in [0.5, 0.6) is 11.5 Å². The molecule has 2 N–H and O–H groups in total. The summed E-state index contributed by atoms with van der Waals surface area (Å²) in [6.45, 7) is 1.92. The number of hydrogen-bond donors (Lipinski definition) is 2. The van der Waals surface area contributed by atoms with E-state index in [1.165, 1.54) is 18.1 Å². The second kappa shape index (κ2) is 12.5. The summed E-state index contributed by atoms with van der Waals surface area (Å²) in [5, 5.41) is 4.52. The monoisotopic (exact) mass is 604 g/mol. The summed E-state index contributed by atoms with van der Waals surface area (Å²) >= 11 is 0. The number of hydrogen-bond acceptors (Lipinski definition) is 8. The molecule has 0 fully saturated rings. The maximum atomic E-state index is 13.3. The van der Waals surface area contributed by atoms with Crippen LogP contribution in [0.3, 0.4) is 0 Å². The molecule has 3 aromatic heterocycles. The predicted molar refractivity (Wildman–Crippen MR) is 158 cm³/mol. The van der Waals surface area contributed by atoms with Crippen molar-refractivity contribution in [2.24, 2.45) is 0 Å². The van der Waals surface area contributed by atoms with E-state index in [4.69, 9.17) is 18.3 Å². The van der Waals surface area contributed by atoms with E-state index >= 15 is 0 Å². The number of oxazole rings is 1. The summed E-state index contributed by atoms with van der Waals surface area (Å²) in [7, 11) is -1.37. The minimum absolute atomic E-state index is 0.00187. The Kier molecular flexibility index (Phi) is 8.63. The number of benzene rings is 2. The Labute approximate surface area is 247 Å². The third-order valence-electron chi connectivity index (χ3n) is 6.46. The number of rotatable bonds is 11. The first-order valence-corrected chi connectivity index (χ1v) is 14.8. The van der Waals surface area contributed by atoms with Gasteiger partial charge in [0, 0.05) is 24.6 Å². The normalized spacial score (nSPS) is 11.7. The fourth-order valence-electron chi connectivity index (χ4n) is 4.21. The molecule has 12 nitrogen and oxygen atoms in total. The van der Waals surface area contributed by atoms with Crippen LogP contribution in [0.25, 0.3) is 23.4 Å². The van der Waals surface area contributed by atoms with E-state index in [1.807, 2.05) is 30.3 Å². The van der Waals surface area contributed by atoms with Crippen molar-refractivity contribution in [1.29, 1.82) is 0 Å². The number of carbonyl (C=O) groups is 1. The molecule has 0 saturated heterocycles. The lowest BCUT2D eigenvalue weighted by atomic mass is 10.1. The first kappa shape index (κ1) is 29.6. The van der Waals surface area contributed by atoms with Crippen LogP contribution in [0.4, 0.5) is 5.82 Å². The molecule has 5 rings (SSSR count). The van der Waals surface area contributed by atoms with Gasteiger partial charge < -0.3 is 28.1 Å². The van der Waals surface area contributed by atoms with E-state index < -0.39 is 7.60 Å². The van der Waals surface area contributed by atoms with Crippen LogP contribution in [-0.2, 0) is 22.4 Å². The molecular formula is C30H29N4O8P. The van der Waals surface area contributed by atoms with Gasteiger partial charge in [0.2, 0.25) is 5.91 Å². The van der Waals surface area contributed by atoms with E-state index in [1.54, 1.807) is 61.4 Å². The Morgan fingerprint density at radius 3 is 2.60 bits per heavy atom. The molecule has 0 atom stereocenters. The highest BCUT2D eigenvalue weighted by molar-refractivity contribution is 7.55. The van der Waals surface area contributed by atoms with Crippen LogP contribution >= 0.6 is 7.60 Å². The number of aryl methyl sites for hydroxylation is 1. The van der Waals surface area contributed by atoms with Crippen molar-refractivity contribution in [3.63, 3.8) is 0 Å².